The van der Waals surface area contributed by atoms with Crippen LogP contribution in [-0.4, -0.2) is 33.2 Å². The molecule has 0 saturated carbocycles. The van der Waals surface area contributed by atoms with Crippen LogP contribution in [0.15, 0.2) is 29.7 Å². The zero-order chi connectivity index (χ0) is 20.6. The van der Waals surface area contributed by atoms with Gasteiger partial charge in [0.1, 0.15) is 17.2 Å². The maximum absolute atomic E-state index is 12.4. The molecule has 2 N–H and O–H groups in total. The summed E-state index contributed by atoms with van der Waals surface area (Å²) in [6.45, 7) is 14.3. The fraction of sp³-hybridized carbons (Fsp3) is 0.500. The van der Waals surface area contributed by atoms with E-state index in [-0.39, 0.29) is 17.4 Å². The summed E-state index contributed by atoms with van der Waals surface area (Å²) in [4.78, 5) is 25.5. The second kappa shape index (κ2) is 10.3. The van der Waals surface area contributed by atoms with Crippen LogP contribution in [0.4, 0.5) is 11.6 Å². The van der Waals surface area contributed by atoms with Crippen molar-refractivity contribution in [3.8, 4) is 0 Å². The van der Waals surface area contributed by atoms with E-state index in [2.05, 4.69) is 46.4 Å². The second-order valence-electron chi connectivity index (χ2n) is 7.05. The molecule has 0 aliphatic heterocycles. The molecule has 0 atom stereocenters. The molecule has 2 aromatic heterocycles. The highest BCUT2D eigenvalue weighted by atomic mass is 32.2. The van der Waals surface area contributed by atoms with E-state index < -0.39 is 0 Å². The van der Waals surface area contributed by atoms with E-state index >= 15 is 0 Å². The van der Waals surface area contributed by atoms with Crippen LogP contribution in [0.5, 0.6) is 0 Å². The third kappa shape index (κ3) is 6.82. The zero-order valence-electron chi connectivity index (χ0n) is 17.5. The van der Waals surface area contributed by atoms with Crippen molar-refractivity contribution in [2.24, 2.45) is 0 Å². The number of hydrogen-bond donors (Lipinski definition) is 2. The van der Waals surface area contributed by atoms with E-state index in [0.717, 1.165) is 5.56 Å². The van der Waals surface area contributed by atoms with Crippen molar-refractivity contribution in [3.63, 3.8) is 0 Å². The summed E-state index contributed by atoms with van der Waals surface area (Å²) >= 11 is 1.42. The van der Waals surface area contributed by atoms with Crippen LogP contribution in [0.25, 0.3) is 0 Å². The minimum atomic E-state index is -0.211. The van der Waals surface area contributed by atoms with E-state index in [4.69, 9.17) is 0 Å². The van der Waals surface area contributed by atoms with E-state index in [1.54, 1.807) is 12.4 Å². The highest BCUT2D eigenvalue weighted by molar-refractivity contribution is 7.98. The van der Waals surface area contributed by atoms with Crippen molar-refractivity contribution >= 4 is 29.3 Å². The number of nitrogens with one attached hydrogen (secondary N) is 2. The summed E-state index contributed by atoms with van der Waals surface area (Å²) in [6.07, 6.45) is 5.20. The molecule has 0 spiro atoms. The molecule has 0 aromatic carbocycles. The summed E-state index contributed by atoms with van der Waals surface area (Å²) in [5, 5.41) is 6.64. The van der Waals surface area contributed by atoms with E-state index in [0.29, 0.717) is 22.4 Å². The smallest absolute Gasteiger partial charge is 0.256 e. The van der Waals surface area contributed by atoms with Gasteiger partial charge in [-0.3, -0.25) is 4.79 Å². The van der Waals surface area contributed by atoms with Crippen molar-refractivity contribution in [1.82, 2.24) is 20.3 Å². The molecule has 0 saturated heterocycles. The largest absolute Gasteiger partial charge is 0.350 e. The number of nitrogens with zero attached hydrogens (tertiary/aromatic N) is 3. The maximum atomic E-state index is 12.4. The molecule has 1 amide bonds. The highest BCUT2D eigenvalue weighted by Crippen LogP contribution is 2.26. The summed E-state index contributed by atoms with van der Waals surface area (Å²) in [6, 6.07) is 4.00. The fourth-order valence-electron chi connectivity index (χ4n) is 2.15. The molecule has 0 aliphatic rings. The topological polar surface area (TPSA) is 79.8 Å². The SMILES string of the molecule is CC.CSc1ncc(C(=O)NC(C)C)c(Nc2cc(C(C)(C)C)ccn2)n1. The number of carbonyl (C=O) groups excluding carboxylic acids is 1. The van der Waals surface area contributed by atoms with Gasteiger partial charge in [0.2, 0.25) is 0 Å². The lowest BCUT2D eigenvalue weighted by Gasteiger charge is -2.20. The Hall–Kier alpha value is -2.15. The first-order chi connectivity index (χ1) is 12.7. The molecule has 0 aliphatic carbocycles. The predicted octanol–water partition coefficient (Wildman–Crippen LogP) is 4.80. The van der Waals surface area contributed by atoms with Gasteiger partial charge in [-0.05, 0) is 43.2 Å². The number of pyridine rings is 1. The highest BCUT2D eigenvalue weighted by Gasteiger charge is 2.18. The number of aromatic nitrogens is 3. The van der Waals surface area contributed by atoms with E-state index in [1.165, 1.54) is 11.8 Å². The van der Waals surface area contributed by atoms with Gasteiger partial charge in [-0.2, -0.15) is 0 Å². The Morgan fingerprint density at radius 1 is 1.19 bits per heavy atom. The number of thioether (sulfide) groups is 1. The lowest BCUT2D eigenvalue weighted by Crippen LogP contribution is -2.31. The van der Waals surface area contributed by atoms with Gasteiger partial charge in [-0.25, -0.2) is 15.0 Å². The maximum Gasteiger partial charge on any atom is 0.256 e. The second-order valence-corrected chi connectivity index (χ2v) is 7.83. The Morgan fingerprint density at radius 2 is 1.85 bits per heavy atom. The van der Waals surface area contributed by atoms with Crippen molar-refractivity contribution in [3.05, 3.63) is 35.7 Å². The Kier molecular flexibility index (Phi) is 8.69. The van der Waals surface area contributed by atoms with Crippen LogP contribution in [0.3, 0.4) is 0 Å². The summed E-state index contributed by atoms with van der Waals surface area (Å²) in [7, 11) is 0. The first kappa shape index (κ1) is 22.9. The Labute approximate surface area is 167 Å². The molecule has 7 heteroatoms. The zero-order valence-corrected chi connectivity index (χ0v) is 18.4. The fourth-order valence-corrected chi connectivity index (χ4v) is 2.49. The molecule has 0 fully saturated rings. The quantitative estimate of drug-likeness (QED) is 0.565. The lowest BCUT2D eigenvalue weighted by atomic mass is 9.88. The van der Waals surface area contributed by atoms with E-state index in [9.17, 15) is 4.79 Å². The minimum Gasteiger partial charge on any atom is -0.350 e. The Morgan fingerprint density at radius 3 is 2.41 bits per heavy atom. The normalized spacial score (nSPS) is 10.9. The van der Waals surface area contributed by atoms with Gasteiger partial charge in [0, 0.05) is 18.4 Å². The summed E-state index contributed by atoms with van der Waals surface area (Å²) in [5.41, 5.74) is 1.56. The van der Waals surface area contributed by atoms with Crippen LogP contribution < -0.4 is 10.6 Å². The Balaban J connectivity index is 0.00000176. The standard InChI is InChI=1S/C18H25N5OS.C2H6/c1-11(2)21-16(24)13-10-20-17(25-6)23-15(13)22-14-9-12(7-8-19-14)18(3,4)5;1-2/h7-11H,1-6H3,(H,21,24)(H,19,20,22,23);1-2H3. The van der Waals surface area contributed by atoms with Crippen LogP contribution >= 0.6 is 11.8 Å². The minimum absolute atomic E-state index is 0.00726. The lowest BCUT2D eigenvalue weighted by molar-refractivity contribution is 0.0943. The molecule has 6 nitrogen and oxygen atoms in total. The van der Waals surface area contributed by atoms with Crippen molar-refractivity contribution in [1.29, 1.82) is 0 Å². The summed E-state index contributed by atoms with van der Waals surface area (Å²) < 4.78 is 0. The molecule has 2 heterocycles. The number of anilines is 2. The number of carbonyl (C=O) groups is 1. The van der Waals surface area contributed by atoms with Crippen LogP contribution in [-0.2, 0) is 5.41 Å². The molecule has 27 heavy (non-hydrogen) atoms. The van der Waals surface area contributed by atoms with Crippen LogP contribution in [0, 0.1) is 0 Å². The molecular weight excluding hydrogens is 358 g/mol. The monoisotopic (exact) mass is 389 g/mol. The molecule has 0 bridgehead atoms. The van der Waals surface area contributed by atoms with Gasteiger partial charge in [-0.15, -0.1) is 0 Å². The van der Waals surface area contributed by atoms with Gasteiger partial charge in [0.05, 0.1) is 0 Å². The summed E-state index contributed by atoms with van der Waals surface area (Å²) in [5.74, 6) is 0.893. The number of hydrogen-bond acceptors (Lipinski definition) is 6. The number of amides is 1. The molecule has 2 rings (SSSR count). The Bertz CT molecular complexity index is 756. The molecule has 148 valence electrons. The molecule has 0 radical (unpaired) electrons. The van der Waals surface area contributed by atoms with E-state index in [1.807, 2.05) is 46.1 Å². The average molecular weight is 390 g/mol. The third-order valence-electron chi connectivity index (χ3n) is 3.49. The van der Waals surface area contributed by atoms with Gasteiger partial charge >= 0.3 is 0 Å². The third-order valence-corrected chi connectivity index (χ3v) is 4.05. The average Bonchev–Trinajstić information content (AvgIpc) is 2.62. The van der Waals surface area contributed by atoms with Crippen molar-refractivity contribution < 1.29 is 4.79 Å². The van der Waals surface area contributed by atoms with Gasteiger partial charge in [-0.1, -0.05) is 46.4 Å². The van der Waals surface area contributed by atoms with Crippen LogP contribution in [0.2, 0.25) is 0 Å². The molecular formula is C20H31N5OS. The first-order valence-corrected chi connectivity index (χ1v) is 10.4. The van der Waals surface area contributed by atoms with Gasteiger partial charge in [0.15, 0.2) is 5.16 Å². The van der Waals surface area contributed by atoms with Gasteiger partial charge in [0.25, 0.3) is 5.91 Å². The first-order valence-electron chi connectivity index (χ1n) is 9.16. The molecule has 2 aromatic rings. The van der Waals surface area contributed by atoms with Crippen molar-refractivity contribution in [2.75, 3.05) is 11.6 Å². The molecule has 0 unspecified atom stereocenters. The van der Waals surface area contributed by atoms with Crippen molar-refractivity contribution in [2.45, 2.75) is 65.1 Å². The van der Waals surface area contributed by atoms with Gasteiger partial charge < -0.3 is 10.6 Å². The van der Waals surface area contributed by atoms with Crippen LogP contribution in [0.1, 0.15) is 64.4 Å². The number of rotatable bonds is 5. The predicted molar refractivity (Wildman–Crippen MR) is 114 cm³/mol.